The maximum atomic E-state index is 13.0. The summed E-state index contributed by atoms with van der Waals surface area (Å²) >= 11 is 5.98. The van der Waals surface area contributed by atoms with Crippen molar-refractivity contribution in [2.45, 2.75) is 20.3 Å². The molecule has 3 aromatic rings. The molecule has 1 aromatic heterocycles. The highest BCUT2D eigenvalue weighted by molar-refractivity contribution is 6.30. The number of aryl methyl sites for hydroxylation is 1. The first-order chi connectivity index (χ1) is 13.8. The van der Waals surface area contributed by atoms with Crippen molar-refractivity contribution in [3.63, 3.8) is 0 Å². The molecule has 0 fully saturated rings. The summed E-state index contributed by atoms with van der Waals surface area (Å²) in [6.45, 7) is 3.88. The maximum Gasteiger partial charge on any atom is 0.231 e. The predicted molar refractivity (Wildman–Crippen MR) is 115 cm³/mol. The average Bonchev–Trinajstić information content (AvgIpc) is 3.01. The number of amides is 1. The Hall–Kier alpha value is -2.99. The van der Waals surface area contributed by atoms with Crippen LogP contribution in [0.25, 0.3) is 5.69 Å². The second kappa shape index (κ2) is 8.57. The van der Waals surface area contributed by atoms with Crippen LogP contribution in [0.3, 0.4) is 0 Å². The minimum absolute atomic E-state index is 0.0425. The monoisotopic (exact) mass is 413 g/mol. The van der Waals surface area contributed by atoms with Crippen LogP contribution in [0.5, 0.6) is 11.5 Å². The van der Waals surface area contributed by atoms with Gasteiger partial charge in [-0.05, 0) is 50.2 Å². The number of hydrogen-bond acceptors (Lipinski definition) is 4. The molecule has 0 saturated carbocycles. The number of carbonyl (C=O) groups excluding carboxylic acids is 1. The predicted octanol–water partition coefficient (Wildman–Crippen LogP) is 4.37. The fourth-order valence-corrected chi connectivity index (χ4v) is 3.34. The van der Waals surface area contributed by atoms with Gasteiger partial charge in [-0.1, -0.05) is 11.6 Å². The van der Waals surface area contributed by atoms with Crippen LogP contribution >= 0.6 is 11.6 Å². The molecule has 6 nitrogen and oxygen atoms in total. The van der Waals surface area contributed by atoms with Gasteiger partial charge in [-0.2, -0.15) is 5.10 Å². The summed E-state index contributed by atoms with van der Waals surface area (Å²) in [4.78, 5) is 14.6. The molecule has 1 amide bonds. The SMILES string of the molecule is COc1ccc(N(C)C(=O)Cc2c(C)nn(-c3ccc(Cl)cc3)c2C)cc1OC. The molecule has 0 unspecified atom stereocenters. The molecule has 2 aromatic carbocycles. The van der Waals surface area contributed by atoms with Gasteiger partial charge in [-0.25, -0.2) is 4.68 Å². The molecule has 0 bridgehead atoms. The minimum Gasteiger partial charge on any atom is -0.493 e. The van der Waals surface area contributed by atoms with Gasteiger partial charge >= 0.3 is 0 Å². The highest BCUT2D eigenvalue weighted by Gasteiger charge is 2.20. The topological polar surface area (TPSA) is 56.6 Å². The van der Waals surface area contributed by atoms with Crippen molar-refractivity contribution in [3.05, 3.63) is 64.4 Å². The summed E-state index contributed by atoms with van der Waals surface area (Å²) in [6, 6.07) is 12.9. The summed E-state index contributed by atoms with van der Waals surface area (Å²) in [5, 5.41) is 5.28. The van der Waals surface area contributed by atoms with Crippen LogP contribution in [0.1, 0.15) is 17.0 Å². The fraction of sp³-hybridized carbons (Fsp3) is 0.273. The Balaban J connectivity index is 1.84. The normalized spacial score (nSPS) is 10.7. The molecule has 3 rings (SSSR count). The highest BCUT2D eigenvalue weighted by Crippen LogP contribution is 2.31. The van der Waals surface area contributed by atoms with E-state index in [1.165, 1.54) is 0 Å². The zero-order valence-corrected chi connectivity index (χ0v) is 17.9. The van der Waals surface area contributed by atoms with E-state index in [4.69, 9.17) is 21.1 Å². The van der Waals surface area contributed by atoms with E-state index in [0.717, 1.165) is 28.3 Å². The Kier molecular flexibility index (Phi) is 6.13. The number of ether oxygens (including phenoxy) is 2. The summed E-state index contributed by atoms with van der Waals surface area (Å²) in [5.41, 5.74) is 4.30. The molecule has 29 heavy (non-hydrogen) atoms. The van der Waals surface area contributed by atoms with Crippen LogP contribution in [0, 0.1) is 13.8 Å². The summed E-state index contributed by atoms with van der Waals surface area (Å²) in [7, 11) is 4.90. The molecule has 0 atom stereocenters. The van der Waals surface area contributed by atoms with Crippen molar-refractivity contribution in [1.82, 2.24) is 9.78 Å². The molecule has 0 aliphatic heterocycles. The van der Waals surface area contributed by atoms with Crippen LogP contribution in [0.2, 0.25) is 5.02 Å². The van der Waals surface area contributed by atoms with Crippen molar-refractivity contribution in [1.29, 1.82) is 0 Å². The number of carbonyl (C=O) groups is 1. The van der Waals surface area contributed by atoms with E-state index >= 15 is 0 Å². The molecule has 0 N–H and O–H groups in total. The van der Waals surface area contributed by atoms with E-state index in [2.05, 4.69) is 5.10 Å². The van der Waals surface area contributed by atoms with Gasteiger partial charge in [0.15, 0.2) is 11.5 Å². The largest absolute Gasteiger partial charge is 0.493 e. The zero-order valence-electron chi connectivity index (χ0n) is 17.2. The maximum absolute atomic E-state index is 13.0. The molecule has 0 radical (unpaired) electrons. The first-order valence-electron chi connectivity index (χ1n) is 9.15. The van der Waals surface area contributed by atoms with Crippen molar-refractivity contribution < 1.29 is 14.3 Å². The number of nitrogens with zero attached hydrogens (tertiary/aromatic N) is 3. The van der Waals surface area contributed by atoms with Crippen LogP contribution < -0.4 is 14.4 Å². The Morgan fingerprint density at radius 1 is 1.07 bits per heavy atom. The molecule has 1 heterocycles. The molecule has 0 aliphatic rings. The molecule has 0 saturated heterocycles. The molecule has 7 heteroatoms. The molecule has 152 valence electrons. The van der Waals surface area contributed by atoms with Crippen molar-refractivity contribution >= 4 is 23.2 Å². The highest BCUT2D eigenvalue weighted by atomic mass is 35.5. The first kappa shape index (κ1) is 20.7. The molecule has 0 aliphatic carbocycles. The summed E-state index contributed by atoms with van der Waals surface area (Å²) < 4.78 is 12.4. The number of rotatable bonds is 6. The lowest BCUT2D eigenvalue weighted by Gasteiger charge is -2.19. The smallest absolute Gasteiger partial charge is 0.231 e. The first-order valence-corrected chi connectivity index (χ1v) is 9.53. The van der Waals surface area contributed by atoms with Crippen LogP contribution in [-0.4, -0.2) is 37.0 Å². The fourth-order valence-electron chi connectivity index (χ4n) is 3.21. The minimum atomic E-state index is -0.0425. The number of benzene rings is 2. The van der Waals surface area contributed by atoms with Gasteiger partial charge in [0.05, 0.1) is 32.0 Å². The van der Waals surface area contributed by atoms with E-state index < -0.39 is 0 Å². The number of anilines is 1. The number of hydrogen-bond donors (Lipinski definition) is 0. The zero-order chi connectivity index (χ0) is 21.1. The van der Waals surface area contributed by atoms with Gasteiger partial charge < -0.3 is 14.4 Å². The van der Waals surface area contributed by atoms with E-state index in [9.17, 15) is 4.79 Å². The standard InChI is InChI=1S/C22H24ClN3O3/c1-14-19(15(2)26(24-14)17-8-6-16(23)7-9-17)13-22(27)25(3)18-10-11-20(28-4)21(12-18)29-5/h6-12H,13H2,1-5H3. The second-order valence-corrected chi connectivity index (χ2v) is 7.14. The quantitative estimate of drug-likeness (QED) is 0.602. The third-order valence-electron chi connectivity index (χ3n) is 4.97. The molecular formula is C22H24ClN3O3. The van der Waals surface area contributed by atoms with Crippen LogP contribution in [0.4, 0.5) is 5.69 Å². The van der Waals surface area contributed by atoms with Gasteiger partial charge in [0.2, 0.25) is 5.91 Å². The van der Waals surface area contributed by atoms with Crippen LogP contribution in [0.15, 0.2) is 42.5 Å². The molecule has 0 spiro atoms. The van der Waals surface area contributed by atoms with Crippen LogP contribution in [-0.2, 0) is 11.2 Å². The summed E-state index contributed by atoms with van der Waals surface area (Å²) in [6.07, 6.45) is 0.246. The number of halogens is 1. The lowest BCUT2D eigenvalue weighted by atomic mass is 10.1. The van der Waals surface area contributed by atoms with Gasteiger partial charge in [0.25, 0.3) is 0 Å². The van der Waals surface area contributed by atoms with Gasteiger partial charge in [-0.15, -0.1) is 0 Å². The Labute approximate surface area is 175 Å². The van der Waals surface area contributed by atoms with Crippen molar-refractivity contribution in [2.75, 3.05) is 26.2 Å². The van der Waals surface area contributed by atoms with Gasteiger partial charge in [0.1, 0.15) is 0 Å². The van der Waals surface area contributed by atoms with Crippen molar-refractivity contribution in [2.24, 2.45) is 0 Å². The number of methoxy groups -OCH3 is 2. The van der Waals surface area contributed by atoms with Gasteiger partial charge in [-0.3, -0.25) is 4.79 Å². The van der Waals surface area contributed by atoms with Gasteiger partial charge in [0, 0.05) is 35.1 Å². The Morgan fingerprint density at radius 2 is 1.72 bits per heavy atom. The number of aromatic nitrogens is 2. The van der Waals surface area contributed by atoms with Crippen molar-refractivity contribution in [3.8, 4) is 17.2 Å². The van der Waals surface area contributed by atoms with E-state index in [0.29, 0.717) is 16.5 Å². The summed E-state index contributed by atoms with van der Waals surface area (Å²) in [5.74, 6) is 1.15. The average molecular weight is 414 g/mol. The van der Waals surface area contributed by atoms with E-state index in [1.54, 1.807) is 38.3 Å². The lowest BCUT2D eigenvalue weighted by molar-refractivity contribution is -0.117. The Bertz CT molecular complexity index is 1030. The lowest BCUT2D eigenvalue weighted by Crippen LogP contribution is -2.28. The second-order valence-electron chi connectivity index (χ2n) is 6.71. The number of likely N-dealkylation sites (N-methyl/N-ethyl adjacent to an activating group) is 1. The van der Waals surface area contributed by atoms with E-state index in [-0.39, 0.29) is 12.3 Å². The molecular weight excluding hydrogens is 390 g/mol. The van der Waals surface area contributed by atoms with E-state index in [1.807, 2.05) is 48.9 Å². The third-order valence-corrected chi connectivity index (χ3v) is 5.22. The third kappa shape index (κ3) is 4.22. The Morgan fingerprint density at radius 3 is 2.34 bits per heavy atom.